The van der Waals surface area contributed by atoms with Gasteiger partial charge in [-0.25, -0.2) is 0 Å². The van der Waals surface area contributed by atoms with E-state index in [9.17, 15) is 0 Å². The van der Waals surface area contributed by atoms with E-state index >= 15 is 0 Å². The Morgan fingerprint density at radius 2 is 1.90 bits per heavy atom. The Labute approximate surface area is 132 Å². The van der Waals surface area contributed by atoms with Gasteiger partial charge in [0.2, 0.25) is 0 Å². The Kier molecular flexibility index (Phi) is 4.62. The van der Waals surface area contributed by atoms with Gasteiger partial charge in [0.05, 0.1) is 0 Å². The highest BCUT2D eigenvalue weighted by Crippen LogP contribution is 2.38. The topological polar surface area (TPSA) is 12.0 Å². The molecule has 0 saturated heterocycles. The van der Waals surface area contributed by atoms with Crippen LogP contribution in [0.2, 0.25) is 5.02 Å². The van der Waals surface area contributed by atoms with E-state index in [-0.39, 0.29) is 0 Å². The summed E-state index contributed by atoms with van der Waals surface area (Å²) in [5, 5.41) is 4.61. The minimum absolute atomic E-state index is 0.472. The Balaban J connectivity index is 1.78. The van der Waals surface area contributed by atoms with Crippen LogP contribution in [0.15, 0.2) is 48.5 Å². The van der Waals surface area contributed by atoms with Crippen LogP contribution >= 0.6 is 11.6 Å². The Hall–Kier alpha value is -1.31. The van der Waals surface area contributed by atoms with Crippen molar-refractivity contribution in [2.24, 2.45) is 0 Å². The number of nitrogens with one attached hydrogen (secondary N) is 1. The summed E-state index contributed by atoms with van der Waals surface area (Å²) in [6.45, 7) is 3.28. The van der Waals surface area contributed by atoms with Crippen LogP contribution in [0, 0.1) is 0 Å². The van der Waals surface area contributed by atoms with Gasteiger partial charge in [0, 0.05) is 17.0 Å². The van der Waals surface area contributed by atoms with Crippen molar-refractivity contribution in [3.8, 4) is 0 Å². The molecule has 0 bridgehead atoms. The summed E-state index contributed by atoms with van der Waals surface area (Å²) in [5.41, 5.74) is 4.26. The summed E-state index contributed by atoms with van der Waals surface area (Å²) in [6, 6.07) is 17.5. The number of hydrogen-bond donors (Lipinski definition) is 1. The van der Waals surface area contributed by atoms with Crippen LogP contribution in [0.3, 0.4) is 0 Å². The van der Waals surface area contributed by atoms with Gasteiger partial charge in [-0.1, -0.05) is 61.0 Å². The van der Waals surface area contributed by atoms with Crippen molar-refractivity contribution in [1.82, 2.24) is 5.32 Å². The number of rotatable bonds is 6. The molecular weight excluding hydrogens is 278 g/mol. The van der Waals surface area contributed by atoms with Crippen molar-refractivity contribution in [3.05, 3.63) is 70.2 Å². The Bertz CT molecular complexity index is 608. The van der Waals surface area contributed by atoms with E-state index in [1.54, 1.807) is 0 Å². The van der Waals surface area contributed by atoms with Crippen molar-refractivity contribution in [1.29, 1.82) is 0 Å². The van der Waals surface area contributed by atoms with Crippen LogP contribution in [0.25, 0.3) is 0 Å². The molecule has 0 fully saturated rings. The van der Waals surface area contributed by atoms with Gasteiger partial charge in [0.25, 0.3) is 0 Å². The summed E-state index contributed by atoms with van der Waals surface area (Å²) >= 11 is 6.34. The normalized spacial score (nSPS) is 17.9. The third-order valence-corrected chi connectivity index (χ3v) is 4.80. The highest BCUT2D eigenvalue weighted by atomic mass is 35.5. The first kappa shape index (κ1) is 14.6. The maximum atomic E-state index is 6.34. The molecule has 0 amide bonds. The first-order valence-corrected chi connectivity index (χ1v) is 8.22. The molecule has 2 heteroatoms. The second kappa shape index (κ2) is 6.64. The van der Waals surface area contributed by atoms with Crippen LogP contribution in [0.1, 0.15) is 36.0 Å². The maximum absolute atomic E-state index is 6.34. The minimum atomic E-state index is 0.472. The third-order valence-electron chi connectivity index (χ3n) is 4.43. The fourth-order valence-electron chi connectivity index (χ4n) is 3.24. The highest BCUT2D eigenvalue weighted by molar-refractivity contribution is 6.31. The monoisotopic (exact) mass is 299 g/mol. The summed E-state index contributed by atoms with van der Waals surface area (Å²) in [5.74, 6) is 0.615. The molecular formula is C19H22ClN. The molecule has 1 N–H and O–H groups in total. The third kappa shape index (κ3) is 3.14. The second-order valence-electron chi connectivity index (χ2n) is 5.87. The lowest BCUT2D eigenvalue weighted by Gasteiger charge is -2.37. The van der Waals surface area contributed by atoms with E-state index in [2.05, 4.69) is 48.6 Å². The van der Waals surface area contributed by atoms with Crippen molar-refractivity contribution >= 4 is 11.6 Å². The molecule has 0 aromatic heterocycles. The van der Waals surface area contributed by atoms with Gasteiger partial charge in [0.15, 0.2) is 0 Å². The molecule has 1 aliphatic carbocycles. The fraction of sp³-hybridized carbons (Fsp3) is 0.368. The van der Waals surface area contributed by atoms with Crippen LogP contribution in [0.4, 0.5) is 0 Å². The second-order valence-corrected chi connectivity index (χ2v) is 6.27. The number of hydrogen-bond acceptors (Lipinski definition) is 1. The predicted molar refractivity (Wildman–Crippen MR) is 90.1 cm³/mol. The zero-order valence-corrected chi connectivity index (χ0v) is 13.2. The molecule has 2 aromatic carbocycles. The van der Waals surface area contributed by atoms with Gasteiger partial charge in [0.1, 0.15) is 0 Å². The first-order chi connectivity index (χ1) is 10.3. The average Bonchev–Trinajstić information content (AvgIpc) is 2.48. The van der Waals surface area contributed by atoms with E-state index in [0.717, 1.165) is 24.4 Å². The summed E-state index contributed by atoms with van der Waals surface area (Å²) in [4.78, 5) is 0. The minimum Gasteiger partial charge on any atom is -0.313 e. The SMILES string of the molecule is CCCNC(Cc1ccccc1Cl)C1Cc2ccccc21. The molecule has 0 saturated carbocycles. The molecule has 1 nitrogen and oxygen atoms in total. The van der Waals surface area contributed by atoms with Crippen LogP contribution in [0.5, 0.6) is 0 Å². The molecule has 0 aliphatic heterocycles. The van der Waals surface area contributed by atoms with Crippen molar-refractivity contribution in [3.63, 3.8) is 0 Å². The van der Waals surface area contributed by atoms with E-state index in [0.29, 0.717) is 12.0 Å². The quantitative estimate of drug-likeness (QED) is 0.822. The predicted octanol–water partition coefficient (Wildman–Crippen LogP) is 4.59. The smallest absolute Gasteiger partial charge is 0.0438 e. The van der Waals surface area contributed by atoms with Gasteiger partial charge in [-0.05, 0) is 48.6 Å². The van der Waals surface area contributed by atoms with E-state index in [4.69, 9.17) is 11.6 Å². The molecule has 2 aromatic rings. The molecule has 0 spiro atoms. The van der Waals surface area contributed by atoms with Crippen LogP contribution in [-0.2, 0) is 12.8 Å². The molecule has 1 aliphatic rings. The van der Waals surface area contributed by atoms with E-state index in [1.165, 1.54) is 23.1 Å². The van der Waals surface area contributed by atoms with Crippen molar-refractivity contribution in [2.75, 3.05) is 6.54 Å². The maximum Gasteiger partial charge on any atom is 0.0438 e. The van der Waals surface area contributed by atoms with Gasteiger partial charge < -0.3 is 5.32 Å². The van der Waals surface area contributed by atoms with Gasteiger partial charge >= 0.3 is 0 Å². The number of halogens is 1. The zero-order chi connectivity index (χ0) is 14.7. The lowest BCUT2D eigenvalue weighted by molar-refractivity contribution is 0.397. The van der Waals surface area contributed by atoms with Gasteiger partial charge in [-0.2, -0.15) is 0 Å². The van der Waals surface area contributed by atoms with Crippen LogP contribution in [-0.4, -0.2) is 12.6 Å². The summed E-state index contributed by atoms with van der Waals surface area (Å²) in [6.07, 6.45) is 3.34. The molecule has 0 radical (unpaired) electrons. The van der Waals surface area contributed by atoms with Gasteiger partial charge in [-0.15, -0.1) is 0 Å². The lowest BCUT2D eigenvalue weighted by Crippen LogP contribution is -2.42. The van der Waals surface area contributed by atoms with Gasteiger partial charge in [-0.3, -0.25) is 0 Å². The van der Waals surface area contributed by atoms with Crippen molar-refractivity contribution in [2.45, 2.75) is 38.1 Å². The molecule has 3 rings (SSSR count). The highest BCUT2D eigenvalue weighted by Gasteiger charge is 2.32. The van der Waals surface area contributed by atoms with E-state index in [1.807, 2.05) is 12.1 Å². The molecule has 2 unspecified atom stereocenters. The number of fused-ring (bicyclic) bond motifs is 1. The number of benzene rings is 2. The average molecular weight is 300 g/mol. The Morgan fingerprint density at radius 1 is 1.14 bits per heavy atom. The summed E-state index contributed by atoms with van der Waals surface area (Å²) < 4.78 is 0. The fourth-order valence-corrected chi connectivity index (χ4v) is 3.46. The Morgan fingerprint density at radius 3 is 2.67 bits per heavy atom. The molecule has 2 atom stereocenters. The van der Waals surface area contributed by atoms with Crippen LogP contribution < -0.4 is 5.32 Å². The lowest BCUT2D eigenvalue weighted by atomic mass is 9.72. The molecule has 0 heterocycles. The molecule has 21 heavy (non-hydrogen) atoms. The van der Waals surface area contributed by atoms with E-state index < -0.39 is 0 Å². The molecule has 110 valence electrons. The summed E-state index contributed by atoms with van der Waals surface area (Å²) in [7, 11) is 0. The standard InChI is InChI=1S/C19H22ClN/c1-2-11-21-19(13-15-8-4-6-10-18(15)20)17-12-14-7-3-5-9-16(14)17/h3-10,17,19,21H,2,11-13H2,1H3. The zero-order valence-electron chi connectivity index (χ0n) is 12.5. The van der Waals surface area contributed by atoms with Crippen molar-refractivity contribution < 1.29 is 0 Å². The largest absolute Gasteiger partial charge is 0.313 e. The first-order valence-electron chi connectivity index (χ1n) is 7.84.